The number of fused-ring (bicyclic) bond motifs is 2. The minimum Gasteiger partial charge on any atom is -0.480 e. The summed E-state index contributed by atoms with van der Waals surface area (Å²) < 4.78 is 29.3. The van der Waals surface area contributed by atoms with Gasteiger partial charge in [-0.05, 0) is 47.4 Å². The molecule has 7 nitrogen and oxygen atoms in total. The smallest absolute Gasteiger partial charge is 0.325 e. The molecule has 0 bridgehead atoms. The van der Waals surface area contributed by atoms with Crippen LogP contribution in [0.15, 0.2) is 64.9 Å². The molecule has 0 radical (unpaired) electrons. The number of thiophene rings is 1. The standard InChI is InChI=1S/C24H21ClN2O5S2/c1-15(28)27-12-17-4-2-3-5-19(17)23(14-27)13-24(23,22(29)30)26-34(31,32)21-11-10-20(33-21)16-6-8-18(25)9-7-16/h2-11,26H,12-14H2,1H3,(H,29,30). The molecule has 1 aromatic heterocycles. The molecule has 1 aliphatic carbocycles. The molecule has 10 heteroatoms. The van der Waals surface area contributed by atoms with E-state index in [0.717, 1.165) is 32.9 Å². The minimum atomic E-state index is -4.15. The molecule has 2 aromatic carbocycles. The molecule has 2 N–H and O–H groups in total. The second-order valence-electron chi connectivity index (χ2n) is 8.73. The summed E-state index contributed by atoms with van der Waals surface area (Å²) in [6.45, 7) is 1.93. The van der Waals surface area contributed by atoms with Gasteiger partial charge in [0.2, 0.25) is 5.91 Å². The first kappa shape index (κ1) is 23.0. The summed E-state index contributed by atoms with van der Waals surface area (Å²) in [6.07, 6.45) is 0.0603. The van der Waals surface area contributed by atoms with Crippen molar-refractivity contribution < 1.29 is 23.1 Å². The van der Waals surface area contributed by atoms with Crippen LogP contribution in [-0.2, 0) is 31.6 Å². The van der Waals surface area contributed by atoms with E-state index in [-0.39, 0.29) is 23.1 Å². The number of halogens is 1. The molecule has 2 unspecified atom stereocenters. The molecule has 3 aromatic rings. The number of amides is 1. The van der Waals surface area contributed by atoms with Crippen LogP contribution in [-0.4, -0.2) is 42.4 Å². The zero-order chi connectivity index (χ0) is 24.3. The van der Waals surface area contributed by atoms with Crippen LogP contribution in [0.1, 0.15) is 24.5 Å². The molecule has 1 amide bonds. The zero-order valence-electron chi connectivity index (χ0n) is 18.1. The first-order valence-corrected chi connectivity index (χ1v) is 13.2. The van der Waals surface area contributed by atoms with Crippen LogP contribution < -0.4 is 4.72 Å². The molecule has 2 heterocycles. The van der Waals surface area contributed by atoms with Crippen LogP contribution in [0.3, 0.4) is 0 Å². The SMILES string of the molecule is CC(=O)N1Cc2ccccc2C2(C1)CC2(NS(=O)(=O)c1ccc(-c2ccc(Cl)cc2)s1)C(=O)O. The third-order valence-corrected chi connectivity index (χ3v) is 10.1. The van der Waals surface area contributed by atoms with Crippen molar-refractivity contribution in [3.8, 4) is 10.4 Å². The summed E-state index contributed by atoms with van der Waals surface area (Å²) >= 11 is 6.99. The number of carbonyl (C=O) groups is 2. The number of carboxylic acids is 1. The molecule has 176 valence electrons. The molecule has 1 saturated carbocycles. The molecular formula is C24H21ClN2O5S2. The number of benzene rings is 2. The molecule has 2 atom stereocenters. The van der Waals surface area contributed by atoms with Gasteiger partial charge in [-0.25, -0.2) is 8.42 Å². The van der Waals surface area contributed by atoms with Gasteiger partial charge in [-0.1, -0.05) is 48.0 Å². The Bertz CT molecular complexity index is 1420. The molecule has 34 heavy (non-hydrogen) atoms. The van der Waals surface area contributed by atoms with Crippen molar-refractivity contribution in [1.29, 1.82) is 0 Å². The number of carboxylic acid groups (broad SMARTS) is 1. The lowest BCUT2D eigenvalue weighted by Crippen LogP contribution is -2.53. The second kappa shape index (κ2) is 7.91. The van der Waals surface area contributed by atoms with E-state index >= 15 is 0 Å². The summed E-state index contributed by atoms with van der Waals surface area (Å²) in [4.78, 5) is 27.1. The van der Waals surface area contributed by atoms with E-state index in [2.05, 4.69) is 4.72 Å². The molecule has 5 rings (SSSR count). The molecule has 2 aliphatic rings. The Morgan fingerprint density at radius 1 is 1.09 bits per heavy atom. The normalized spacial score (nSPS) is 23.5. The van der Waals surface area contributed by atoms with E-state index in [1.54, 1.807) is 41.3 Å². The summed E-state index contributed by atoms with van der Waals surface area (Å²) in [6, 6.07) is 17.5. The van der Waals surface area contributed by atoms with E-state index in [1.807, 2.05) is 18.2 Å². The highest BCUT2D eigenvalue weighted by molar-refractivity contribution is 7.91. The van der Waals surface area contributed by atoms with Gasteiger partial charge in [0.25, 0.3) is 10.0 Å². The molecule has 0 saturated heterocycles. The Morgan fingerprint density at radius 3 is 2.47 bits per heavy atom. The highest BCUT2D eigenvalue weighted by atomic mass is 35.5. The summed E-state index contributed by atoms with van der Waals surface area (Å²) in [5.74, 6) is -1.44. The average molecular weight is 517 g/mol. The van der Waals surface area contributed by atoms with Crippen molar-refractivity contribution in [2.45, 2.75) is 35.1 Å². The number of nitrogens with zero attached hydrogens (tertiary/aromatic N) is 1. The van der Waals surface area contributed by atoms with Crippen molar-refractivity contribution >= 4 is 44.8 Å². The van der Waals surface area contributed by atoms with Gasteiger partial charge in [0, 0.05) is 35.3 Å². The third-order valence-electron chi connectivity index (χ3n) is 6.71. The van der Waals surface area contributed by atoms with Gasteiger partial charge >= 0.3 is 5.97 Å². The highest BCUT2D eigenvalue weighted by Crippen LogP contribution is 2.61. The number of nitrogens with one attached hydrogen (secondary N) is 1. The summed E-state index contributed by atoms with van der Waals surface area (Å²) in [5.41, 5.74) is -0.383. The van der Waals surface area contributed by atoms with Crippen LogP contribution in [0, 0.1) is 0 Å². The Kier molecular flexibility index (Phi) is 5.36. The van der Waals surface area contributed by atoms with Crippen LogP contribution in [0.25, 0.3) is 10.4 Å². The zero-order valence-corrected chi connectivity index (χ0v) is 20.5. The van der Waals surface area contributed by atoms with E-state index in [1.165, 1.54) is 13.0 Å². The van der Waals surface area contributed by atoms with Gasteiger partial charge in [0.1, 0.15) is 9.75 Å². The van der Waals surface area contributed by atoms with E-state index in [9.17, 15) is 23.1 Å². The van der Waals surface area contributed by atoms with Crippen molar-refractivity contribution in [3.05, 3.63) is 76.8 Å². The lowest BCUT2D eigenvalue weighted by molar-refractivity contribution is -0.141. The predicted molar refractivity (Wildman–Crippen MR) is 129 cm³/mol. The summed E-state index contributed by atoms with van der Waals surface area (Å²) in [7, 11) is -4.15. The van der Waals surface area contributed by atoms with Crippen molar-refractivity contribution in [3.63, 3.8) is 0 Å². The van der Waals surface area contributed by atoms with Crippen molar-refractivity contribution in [2.75, 3.05) is 6.54 Å². The second-order valence-corrected chi connectivity index (χ2v) is 12.2. The van der Waals surface area contributed by atoms with Crippen LogP contribution in [0.5, 0.6) is 0 Å². The number of hydrogen-bond acceptors (Lipinski definition) is 5. The fraction of sp³-hybridized carbons (Fsp3) is 0.250. The highest BCUT2D eigenvalue weighted by Gasteiger charge is 2.76. The third kappa shape index (κ3) is 3.54. The van der Waals surface area contributed by atoms with Gasteiger partial charge in [-0.3, -0.25) is 9.59 Å². The number of sulfonamides is 1. The number of aliphatic carboxylic acids is 1. The minimum absolute atomic E-state index is 0.0210. The molecule has 1 aliphatic heterocycles. The first-order chi connectivity index (χ1) is 16.1. The lowest BCUT2D eigenvalue weighted by atomic mass is 9.83. The Balaban J connectivity index is 1.51. The van der Waals surface area contributed by atoms with E-state index < -0.39 is 26.9 Å². The number of carbonyl (C=O) groups excluding carboxylic acids is 1. The fourth-order valence-corrected chi connectivity index (χ4v) is 7.78. The fourth-order valence-electron chi connectivity index (χ4n) is 4.92. The van der Waals surface area contributed by atoms with E-state index in [4.69, 9.17) is 11.6 Å². The Morgan fingerprint density at radius 2 is 1.79 bits per heavy atom. The van der Waals surface area contributed by atoms with E-state index in [0.29, 0.717) is 11.6 Å². The van der Waals surface area contributed by atoms with Crippen LogP contribution in [0.2, 0.25) is 5.02 Å². The Labute approximate surface area is 206 Å². The van der Waals surface area contributed by atoms with Crippen molar-refractivity contribution in [2.24, 2.45) is 0 Å². The topological polar surface area (TPSA) is 104 Å². The van der Waals surface area contributed by atoms with Crippen LogP contribution in [0.4, 0.5) is 0 Å². The average Bonchev–Trinajstić information content (AvgIpc) is 3.16. The lowest BCUT2D eigenvalue weighted by Gasteiger charge is -2.37. The maximum Gasteiger partial charge on any atom is 0.325 e. The molecule has 1 spiro atoms. The predicted octanol–water partition coefficient (Wildman–Crippen LogP) is 3.87. The van der Waals surface area contributed by atoms with Crippen molar-refractivity contribution in [1.82, 2.24) is 9.62 Å². The molecular weight excluding hydrogens is 496 g/mol. The molecule has 1 fully saturated rings. The first-order valence-electron chi connectivity index (χ1n) is 10.6. The Hall–Kier alpha value is -2.72. The van der Waals surface area contributed by atoms with Gasteiger partial charge in [-0.15, -0.1) is 11.3 Å². The van der Waals surface area contributed by atoms with Gasteiger partial charge in [-0.2, -0.15) is 4.72 Å². The maximum absolute atomic E-state index is 13.4. The summed E-state index contributed by atoms with van der Waals surface area (Å²) in [5, 5.41) is 10.8. The monoisotopic (exact) mass is 516 g/mol. The largest absolute Gasteiger partial charge is 0.480 e. The van der Waals surface area contributed by atoms with Crippen LogP contribution >= 0.6 is 22.9 Å². The quantitative estimate of drug-likeness (QED) is 0.535. The number of hydrogen-bond donors (Lipinski definition) is 2. The van der Waals surface area contributed by atoms with Gasteiger partial charge in [0.05, 0.1) is 0 Å². The maximum atomic E-state index is 13.4. The van der Waals surface area contributed by atoms with Gasteiger partial charge < -0.3 is 10.0 Å². The van der Waals surface area contributed by atoms with Gasteiger partial charge in [0.15, 0.2) is 0 Å². The number of rotatable bonds is 5.